The fourth-order valence-electron chi connectivity index (χ4n) is 2.72. The van der Waals surface area contributed by atoms with Crippen LogP contribution in [0.2, 0.25) is 0 Å². The number of nitrogens with zero attached hydrogens (tertiary/aromatic N) is 3. The zero-order valence-electron chi connectivity index (χ0n) is 8.37. The molecule has 2 aromatic heterocycles. The maximum atomic E-state index is 2.44. The standard InChI is InChI=1S/C11H11N3.B/c1-3-10-12(5-1)7-9-8-13-6-2-4-11(13)14(9)10;/h1-6,9H,7-8H2;. The van der Waals surface area contributed by atoms with Gasteiger partial charge >= 0.3 is 0 Å². The topological polar surface area (TPSA) is 13.1 Å². The van der Waals surface area contributed by atoms with E-state index in [2.05, 4.69) is 50.7 Å². The second-order valence-electron chi connectivity index (χ2n) is 4.06. The summed E-state index contributed by atoms with van der Waals surface area (Å²) in [4.78, 5) is 2.44. The molecular weight excluding hydrogens is 185 g/mol. The normalized spacial score (nSPS) is 17.2. The van der Waals surface area contributed by atoms with Gasteiger partial charge in [-0.1, -0.05) is 0 Å². The third-order valence-corrected chi connectivity index (χ3v) is 3.28. The lowest BCUT2D eigenvalue weighted by Crippen LogP contribution is -2.23. The van der Waals surface area contributed by atoms with Gasteiger partial charge in [0.1, 0.15) is 11.6 Å². The second-order valence-corrected chi connectivity index (χ2v) is 4.06. The summed E-state index contributed by atoms with van der Waals surface area (Å²) in [6.07, 6.45) is 4.34. The molecule has 0 saturated carbocycles. The third kappa shape index (κ3) is 0.915. The average molecular weight is 196 g/mol. The molecule has 73 valence electrons. The quantitative estimate of drug-likeness (QED) is 0.581. The highest BCUT2D eigenvalue weighted by molar-refractivity contribution is 5.75. The molecular formula is C11H11BN3. The Hall–Kier alpha value is -1.58. The first-order chi connectivity index (χ1) is 6.93. The Bertz CT molecular complexity index is 455. The SMILES string of the molecule is [B].c1cc2n(c1)CC1Cn3cccc3N21. The fourth-order valence-corrected chi connectivity index (χ4v) is 2.72. The molecule has 2 aliphatic rings. The Morgan fingerprint density at radius 3 is 2.00 bits per heavy atom. The Kier molecular flexibility index (Phi) is 1.58. The average Bonchev–Trinajstić information content (AvgIpc) is 2.77. The van der Waals surface area contributed by atoms with Crippen molar-refractivity contribution in [1.82, 2.24) is 9.13 Å². The molecule has 0 fully saturated rings. The van der Waals surface area contributed by atoms with E-state index in [1.54, 1.807) is 0 Å². The molecule has 3 nitrogen and oxygen atoms in total. The van der Waals surface area contributed by atoms with Crippen molar-refractivity contribution >= 4 is 20.0 Å². The summed E-state index contributed by atoms with van der Waals surface area (Å²) >= 11 is 0. The summed E-state index contributed by atoms with van der Waals surface area (Å²) in [5.41, 5.74) is 0. The van der Waals surface area contributed by atoms with Crippen molar-refractivity contribution in [2.45, 2.75) is 19.1 Å². The number of anilines is 2. The van der Waals surface area contributed by atoms with Gasteiger partial charge < -0.3 is 14.0 Å². The predicted molar refractivity (Wildman–Crippen MR) is 60.5 cm³/mol. The molecule has 0 N–H and O–H groups in total. The zero-order valence-corrected chi connectivity index (χ0v) is 8.37. The van der Waals surface area contributed by atoms with Crippen LogP contribution >= 0.6 is 0 Å². The van der Waals surface area contributed by atoms with E-state index in [-0.39, 0.29) is 8.41 Å². The van der Waals surface area contributed by atoms with Gasteiger partial charge in [0, 0.05) is 33.9 Å². The monoisotopic (exact) mass is 196 g/mol. The lowest BCUT2D eigenvalue weighted by Gasteiger charge is -2.15. The van der Waals surface area contributed by atoms with Crippen LogP contribution in [-0.2, 0) is 13.1 Å². The molecule has 3 radical (unpaired) electrons. The second kappa shape index (κ2) is 2.72. The van der Waals surface area contributed by atoms with Crippen molar-refractivity contribution in [3.8, 4) is 0 Å². The molecule has 0 atom stereocenters. The first-order valence-electron chi connectivity index (χ1n) is 5.03. The van der Waals surface area contributed by atoms with E-state index >= 15 is 0 Å². The van der Waals surface area contributed by atoms with E-state index in [0.29, 0.717) is 6.04 Å². The van der Waals surface area contributed by atoms with Crippen molar-refractivity contribution in [2.75, 3.05) is 4.90 Å². The largest absolute Gasteiger partial charge is 0.332 e. The Labute approximate surface area is 90.5 Å². The maximum absolute atomic E-state index is 2.44. The number of aromatic nitrogens is 2. The molecule has 0 spiro atoms. The lowest BCUT2D eigenvalue weighted by molar-refractivity contribution is 0.579. The van der Waals surface area contributed by atoms with Crippen LogP contribution in [0.3, 0.4) is 0 Å². The van der Waals surface area contributed by atoms with Gasteiger partial charge in [-0.2, -0.15) is 0 Å². The van der Waals surface area contributed by atoms with Crippen molar-refractivity contribution < 1.29 is 0 Å². The van der Waals surface area contributed by atoms with Crippen LogP contribution < -0.4 is 4.90 Å². The molecule has 4 rings (SSSR count). The molecule has 15 heavy (non-hydrogen) atoms. The minimum Gasteiger partial charge on any atom is -0.332 e. The summed E-state index contributed by atoms with van der Waals surface area (Å²) in [5, 5.41) is 0. The number of hydrogen-bond donors (Lipinski definition) is 0. The van der Waals surface area contributed by atoms with Crippen LogP contribution in [0.1, 0.15) is 0 Å². The van der Waals surface area contributed by atoms with Gasteiger partial charge in [-0.15, -0.1) is 0 Å². The van der Waals surface area contributed by atoms with Gasteiger partial charge in [-0.3, -0.25) is 0 Å². The smallest absolute Gasteiger partial charge is 0.114 e. The van der Waals surface area contributed by atoms with E-state index in [1.807, 2.05) is 0 Å². The van der Waals surface area contributed by atoms with Crippen LogP contribution in [0.15, 0.2) is 36.7 Å². The lowest BCUT2D eigenvalue weighted by atomic mass is 10.3. The highest BCUT2D eigenvalue weighted by Gasteiger charge is 2.36. The first-order valence-corrected chi connectivity index (χ1v) is 5.03. The van der Waals surface area contributed by atoms with Crippen molar-refractivity contribution in [3.05, 3.63) is 36.7 Å². The molecule has 4 heterocycles. The van der Waals surface area contributed by atoms with E-state index in [0.717, 1.165) is 13.1 Å². The zero-order chi connectivity index (χ0) is 9.12. The minimum atomic E-state index is 0. The van der Waals surface area contributed by atoms with Gasteiger partial charge in [-0.25, -0.2) is 0 Å². The number of fused-ring (bicyclic) bond motifs is 5. The molecule has 0 amide bonds. The van der Waals surface area contributed by atoms with Gasteiger partial charge in [0.2, 0.25) is 0 Å². The van der Waals surface area contributed by atoms with Crippen molar-refractivity contribution in [2.24, 2.45) is 0 Å². The molecule has 2 aromatic rings. The third-order valence-electron chi connectivity index (χ3n) is 3.28. The molecule has 0 unspecified atom stereocenters. The Morgan fingerprint density at radius 1 is 0.933 bits per heavy atom. The van der Waals surface area contributed by atoms with Crippen LogP contribution in [-0.4, -0.2) is 23.6 Å². The van der Waals surface area contributed by atoms with Gasteiger partial charge in [0.05, 0.1) is 6.04 Å². The summed E-state index contributed by atoms with van der Waals surface area (Å²) in [5.74, 6) is 2.68. The molecule has 4 heteroatoms. The van der Waals surface area contributed by atoms with Crippen LogP contribution in [0.25, 0.3) is 0 Å². The molecule has 0 aromatic carbocycles. The van der Waals surface area contributed by atoms with Crippen LogP contribution in [0.5, 0.6) is 0 Å². The number of hydrogen-bond acceptors (Lipinski definition) is 1. The summed E-state index contributed by atoms with van der Waals surface area (Å²) in [6, 6.07) is 9.28. The summed E-state index contributed by atoms with van der Waals surface area (Å²) < 4.78 is 4.67. The summed E-state index contributed by atoms with van der Waals surface area (Å²) in [7, 11) is 0. The fraction of sp³-hybridized carbons (Fsp3) is 0.273. The Balaban J connectivity index is 0.000000722. The van der Waals surface area contributed by atoms with E-state index in [9.17, 15) is 0 Å². The minimum absolute atomic E-state index is 0. The molecule has 0 saturated heterocycles. The van der Waals surface area contributed by atoms with Gasteiger partial charge in [0.25, 0.3) is 0 Å². The van der Waals surface area contributed by atoms with Crippen LogP contribution in [0.4, 0.5) is 11.6 Å². The highest BCUT2D eigenvalue weighted by Crippen LogP contribution is 2.39. The number of rotatable bonds is 0. The molecule has 2 aliphatic heterocycles. The van der Waals surface area contributed by atoms with E-state index in [1.165, 1.54) is 11.6 Å². The van der Waals surface area contributed by atoms with Crippen LogP contribution in [0, 0.1) is 0 Å². The maximum Gasteiger partial charge on any atom is 0.114 e. The Morgan fingerprint density at radius 2 is 1.47 bits per heavy atom. The van der Waals surface area contributed by atoms with Crippen molar-refractivity contribution in [1.29, 1.82) is 0 Å². The van der Waals surface area contributed by atoms with E-state index in [4.69, 9.17) is 0 Å². The van der Waals surface area contributed by atoms with Crippen molar-refractivity contribution in [3.63, 3.8) is 0 Å². The van der Waals surface area contributed by atoms with Gasteiger partial charge in [-0.05, 0) is 24.3 Å². The first kappa shape index (κ1) is 8.71. The van der Waals surface area contributed by atoms with Gasteiger partial charge in [0.15, 0.2) is 0 Å². The molecule has 0 aliphatic carbocycles. The predicted octanol–water partition coefficient (Wildman–Crippen LogP) is 1.44. The summed E-state index contributed by atoms with van der Waals surface area (Å²) in [6.45, 7) is 2.26. The highest BCUT2D eigenvalue weighted by atomic mass is 15.4. The van der Waals surface area contributed by atoms with E-state index < -0.39 is 0 Å². The molecule has 0 bridgehead atoms.